The molecule has 2 aromatic heterocycles. The van der Waals surface area contributed by atoms with Gasteiger partial charge in [-0.3, -0.25) is 14.7 Å². The minimum Gasteiger partial charge on any atom is -0.344 e. The molecule has 8 heteroatoms. The van der Waals surface area contributed by atoms with E-state index in [1.54, 1.807) is 25.2 Å². The van der Waals surface area contributed by atoms with Crippen LogP contribution in [0.3, 0.4) is 0 Å². The number of hydrogen-bond acceptors (Lipinski definition) is 5. The Balaban J connectivity index is 1.48. The normalized spacial score (nSPS) is 16.3. The Kier molecular flexibility index (Phi) is 4.66. The summed E-state index contributed by atoms with van der Waals surface area (Å²) in [5.74, 6) is -0.0625. The molecule has 3 aromatic rings. The van der Waals surface area contributed by atoms with Gasteiger partial charge in [0, 0.05) is 38.0 Å². The maximum absolute atomic E-state index is 13.0. The molecule has 1 N–H and O–H groups in total. The fourth-order valence-electron chi connectivity index (χ4n) is 3.57. The number of amides is 2. The summed E-state index contributed by atoms with van der Waals surface area (Å²) in [4.78, 5) is 33.7. The summed E-state index contributed by atoms with van der Waals surface area (Å²) in [6.07, 6.45) is 3.29. The summed E-state index contributed by atoms with van der Waals surface area (Å²) in [6.45, 7) is 3.46. The van der Waals surface area contributed by atoms with Crippen LogP contribution in [0, 0.1) is 0 Å². The van der Waals surface area contributed by atoms with Crippen molar-refractivity contribution in [3.05, 3.63) is 46.0 Å². The molecule has 1 aliphatic rings. The summed E-state index contributed by atoms with van der Waals surface area (Å²) >= 11 is 1.46. The minimum absolute atomic E-state index is 0.0228. The van der Waals surface area contributed by atoms with Gasteiger partial charge in [0.2, 0.25) is 0 Å². The van der Waals surface area contributed by atoms with Crippen molar-refractivity contribution in [3.63, 3.8) is 0 Å². The fourth-order valence-corrected chi connectivity index (χ4v) is 4.71. The molecule has 0 atom stereocenters. The Morgan fingerprint density at radius 1 is 1.21 bits per heavy atom. The molecular formula is C20H23N5O2S. The molecule has 0 spiro atoms. The lowest BCUT2D eigenvalue weighted by atomic mass is 9.81. The topological polar surface area (TPSA) is 82.2 Å². The molecule has 28 heavy (non-hydrogen) atoms. The summed E-state index contributed by atoms with van der Waals surface area (Å²) in [6, 6.07) is 7.67. The summed E-state index contributed by atoms with van der Waals surface area (Å²) in [5.41, 5.74) is 1.22. The number of carbonyl (C=O) groups excluding carboxylic acids is 2. The van der Waals surface area contributed by atoms with Gasteiger partial charge in [0.05, 0.1) is 16.7 Å². The third kappa shape index (κ3) is 3.17. The van der Waals surface area contributed by atoms with E-state index in [9.17, 15) is 9.59 Å². The van der Waals surface area contributed by atoms with E-state index in [4.69, 9.17) is 0 Å². The van der Waals surface area contributed by atoms with Gasteiger partial charge in [-0.15, -0.1) is 11.3 Å². The number of hydrogen-bond donors (Lipinski definition) is 1. The number of aromatic nitrogens is 3. The van der Waals surface area contributed by atoms with E-state index in [2.05, 4.69) is 22.1 Å². The molecule has 0 aliphatic carbocycles. The highest BCUT2D eigenvalue weighted by Gasteiger charge is 2.37. The van der Waals surface area contributed by atoms with Crippen LogP contribution in [-0.4, -0.2) is 64.0 Å². The Morgan fingerprint density at radius 3 is 2.64 bits per heavy atom. The Hall–Kier alpha value is -2.74. The second-order valence-electron chi connectivity index (χ2n) is 7.70. The lowest BCUT2D eigenvalue weighted by molar-refractivity contribution is 0.0671. The smallest absolute Gasteiger partial charge is 0.274 e. The van der Waals surface area contributed by atoms with Gasteiger partial charge >= 0.3 is 0 Å². The molecular weight excluding hydrogens is 374 g/mol. The van der Waals surface area contributed by atoms with Gasteiger partial charge in [-0.05, 0) is 18.9 Å². The van der Waals surface area contributed by atoms with E-state index < -0.39 is 0 Å². The second-order valence-corrected chi connectivity index (χ2v) is 8.73. The van der Waals surface area contributed by atoms with E-state index in [0.717, 1.165) is 28.8 Å². The lowest BCUT2D eigenvalue weighted by Crippen LogP contribution is -2.44. The summed E-state index contributed by atoms with van der Waals surface area (Å²) in [7, 11) is 3.48. The number of piperidine rings is 1. The van der Waals surface area contributed by atoms with Crippen molar-refractivity contribution in [2.45, 2.75) is 25.2 Å². The standard InChI is InChI=1S/C20H23N5O2S/c1-20(19-21-12-15(28-19)17(26)24(2)3)8-10-25(11-9-20)18(27)16-13-6-4-5-7-14(13)22-23-16/h4-7,12H,8-11H2,1-3H3,(H,22,23). The highest BCUT2D eigenvalue weighted by atomic mass is 32.1. The third-order valence-corrected chi connectivity index (χ3v) is 6.76. The fraction of sp³-hybridized carbons (Fsp3) is 0.400. The molecule has 1 fully saturated rings. The van der Waals surface area contributed by atoms with Crippen LogP contribution in [0.25, 0.3) is 10.9 Å². The van der Waals surface area contributed by atoms with Crippen molar-refractivity contribution < 1.29 is 9.59 Å². The maximum atomic E-state index is 13.0. The highest BCUT2D eigenvalue weighted by Crippen LogP contribution is 2.38. The molecule has 7 nitrogen and oxygen atoms in total. The average Bonchev–Trinajstić information content (AvgIpc) is 3.35. The van der Waals surface area contributed by atoms with E-state index in [-0.39, 0.29) is 17.2 Å². The average molecular weight is 398 g/mol. The largest absolute Gasteiger partial charge is 0.344 e. The summed E-state index contributed by atoms with van der Waals surface area (Å²) in [5, 5.41) is 8.99. The first-order chi connectivity index (χ1) is 13.4. The molecule has 0 saturated carbocycles. The van der Waals surface area contributed by atoms with Crippen molar-refractivity contribution in [2.24, 2.45) is 0 Å². The molecule has 2 amide bonds. The van der Waals surface area contributed by atoms with E-state index in [0.29, 0.717) is 23.7 Å². The van der Waals surface area contributed by atoms with Crippen LogP contribution in [0.15, 0.2) is 30.5 Å². The first-order valence-corrected chi connectivity index (χ1v) is 10.1. The van der Waals surface area contributed by atoms with Crippen LogP contribution < -0.4 is 0 Å². The van der Waals surface area contributed by atoms with Crippen LogP contribution in [0.5, 0.6) is 0 Å². The molecule has 4 rings (SSSR count). The molecule has 1 aliphatic heterocycles. The van der Waals surface area contributed by atoms with Gasteiger partial charge in [0.1, 0.15) is 4.88 Å². The van der Waals surface area contributed by atoms with Crippen molar-refractivity contribution in [2.75, 3.05) is 27.2 Å². The number of carbonyl (C=O) groups is 2. The van der Waals surface area contributed by atoms with Crippen LogP contribution in [0.4, 0.5) is 0 Å². The van der Waals surface area contributed by atoms with E-state index >= 15 is 0 Å². The Morgan fingerprint density at radius 2 is 1.93 bits per heavy atom. The SMILES string of the molecule is CN(C)C(=O)c1cnc(C2(C)CCN(C(=O)c3n[nH]c4ccccc34)CC2)s1. The maximum Gasteiger partial charge on any atom is 0.274 e. The zero-order valence-electron chi connectivity index (χ0n) is 16.2. The highest BCUT2D eigenvalue weighted by molar-refractivity contribution is 7.13. The van der Waals surface area contributed by atoms with Gasteiger partial charge < -0.3 is 9.80 Å². The Bertz CT molecular complexity index is 1030. The van der Waals surface area contributed by atoms with Crippen LogP contribution in [0.1, 0.15) is 44.9 Å². The van der Waals surface area contributed by atoms with Gasteiger partial charge in [-0.1, -0.05) is 25.1 Å². The number of H-pyrrole nitrogens is 1. The summed E-state index contributed by atoms with van der Waals surface area (Å²) < 4.78 is 0. The number of likely N-dealkylation sites (tertiary alicyclic amines) is 1. The number of fused-ring (bicyclic) bond motifs is 1. The molecule has 1 saturated heterocycles. The zero-order chi connectivity index (χ0) is 19.9. The molecule has 0 bridgehead atoms. The van der Waals surface area contributed by atoms with Crippen molar-refractivity contribution in [1.82, 2.24) is 25.0 Å². The number of benzene rings is 1. The number of para-hydroxylation sites is 1. The molecule has 1 aromatic carbocycles. The van der Waals surface area contributed by atoms with Crippen LogP contribution >= 0.6 is 11.3 Å². The molecule has 3 heterocycles. The van der Waals surface area contributed by atoms with Gasteiger partial charge in [0.25, 0.3) is 11.8 Å². The van der Waals surface area contributed by atoms with Crippen LogP contribution in [0.2, 0.25) is 0 Å². The van der Waals surface area contributed by atoms with E-state index in [1.165, 1.54) is 11.3 Å². The Labute approximate surface area is 167 Å². The number of rotatable bonds is 3. The molecule has 0 unspecified atom stereocenters. The van der Waals surface area contributed by atoms with Gasteiger partial charge in [0.15, 0.2) is 5.69 Å². The van der Waals surface area contributed by atoms with Gasteiger partial charge in [-0.2, -0.15) is 5.10 Å². The first-order valence-electron chi connectivity index (χ1n) is 9.29. The third-order valence-electron chi connectivity index (χ3n) is 5.47. The minimum atomic E-state index is -0.125. The van der Waals surface area contributed by atoms with E-state index in [1.807, 2.05) is 29.2 Å². The molecule has 0 radical (unpaired) electrons. The predicted octanol–water partition coefficient (Wildman–Crippen LogP) is 2.92. The first kappa shape index (κ1) is 18.6. The number of aromatic amines is 1. The number of nitrogens with one attached hydrogen (secondary N) is 1. The van der Waals surface area contributed by atoms with Crippen molar-refractivity contribution in [1.29, 1.82) is 0 Å². The predicted molar refractivity (Wildman–Crippen MR) is 109 cm³/mol. The second kappa shape index (κ2) is 7.01. The lowest BCUT2D eigenvalue weighted by Gasteiger charge is -2.37. The number of thiazole rings is 1. The van der Waals surface area contributed by atoms with Crippen LogP contribution in [-0.2, 0) is 5.41 Å². The quantitative estimate of drug-likeness (QED) is 0.737. The van der Waals surface area contributed by atoms with Crippen molar-refractivity contribution >= 4 is 34.1 Å². The van der Waals surface area contributed by atoms with Crippen molar-refractivity contribution in [3.8, 4) is 0 Å². The zero-order valence-corrected chi connectivity index (χ0v) is 17.0. The monoisotopic (exact) mass is 397 g/mol. The van der Waals surface area contributed by atoms with Gasteiger partial charge in [-0.25, -0.2) is 4.98 Å². The number of nitrogens with zero attached hydrogens (tertiary/aromatic N) is 4. The molecule has 146 valence electrons.